The van der Waals surface area contributed by atoms with E-state index in [1.165, 1.54) is 18.3 Å². The number of hydrogen-bond acceptors (Lipinski definition) is 0. The molecule has 52 valence electrons. The monoisotopic (exact) mass is 124 g/mol. The number of fused-ring (bicyclic) bond motifs is 1. The molecule has 2 aliphatic carbocycles. The molecule has 0 bridgehead atoms. The maximum Gasteiger partial charge on any atom is -0.0386 e. The Bertz CT molecular complexity index is 76.0. The molecule has 0 nitrogen and oxygen atoms in total. The lowest BCUT2D eigenvalue weighted by Gasteiger charge is -2.29. The van der Waals surface area contributed by atoms with Crippen LogP contribution in [-0.4, -0.2) is 0 Å². The zero-order chi connectivity index (χ0) is 6.69. The molecule has 0 heteroatoms. The molecule has 0 N–H and O–H groups in total. The summed E-state index contributed by atoms with van der Waals surface area (Å²) in [6.07, 6.45) is 7.78. The van der Waals surface area contributed by atoms with Crippen LogP contribution in [0.5, 0.6) is 0 Å². The van der Waals surface area contributed by atoms with E-state index in [-0.39, 0.29) is 0 Å². The maximum atomic E-state index is 3.00. The SMILES string of the molecule is C1CC2CCC2C1.C=C. The Morgan fingerprint density at radius 2 is 1.22 bits per heavy atom. The zero-order valence-electron chi connectivity index (χ0n) is 6.10. The molecule has 2 unspecified atom stereocenters. The fourth-order valence-electron chi connectivity index (χ4n) is 2.04. The average Bonchev–Trinajstić information content (AvgIpc) is 2.17. The molecular formula is C9H16. The maximum absolute atomic E-state index is 3.00. The van der Waals surface area contributed by atoms with Crippen LogP contribution in [0.4, 0.5) is 0 Å². The highest BCUT2D eigenvalue weighted by atomic mass is 14.4. The van der Waals surface area contributed by atoms with Gasteiger partial charge in [0.1, 0.15) is 0 Å². The third-order valence-corrected chi connectivity index (χ3v) is 2.72. The van der Waals surface area contributed by atoms with E-state index < -0.39 is 0 Å². The molecule has 0 heterocycles. The fourth-order valence-corrected chi connectivity index (χ4v) is 2.04. The summed E-state index contributed by atoms with van der Waals surface area (Å²) in [5, 5.41) is 0. The molecule has 0 saturated heterocycles. The summed E-state index contributed by atoms with van der Waals surface area (Å²) in [5.74, 6) is 2.39. The van der Waals surface area contributed by atoms with Crippen molar-refractivity contribution < 1.29 is 0 Å². The Morgan fingerprint density at radius 1 is 0.778 bits per heavy atom. The second-order valence-corrected chi connectivity index (χ2v) is 3.03. The minimum Gasteiger partial charge on any atom is -0.106 e. The van der Waals surface area contributed by atoms with Gasteiger partial charge in [0.15, 0.2) is 0 Å². The molecule has 2 saturated carbocycles. The van der Waals surface area contributed by atoms with Gasteiger partial charge >= 0.3 is 0 Å². The van der Waals surface area contributed by atoms with Crippen molar-refractivity contribution >= 4 is 0 Å². The third-order valence-electron chi connectivity index (χ3n) is 2.72. The highest BCUT2D eigenvalue weighted by molar-refractivity contribution is 4.85. The second kappa shape index (κ2) is 3.05. The van der Waals surface area contributed by atoms with Gasteiger partial charge in [-0.1, -0.05) is 19.3 Å². The molecule has 2 fully saturated rings. The summed E-state index contributed by atoms with van der Waals surface area (Å²) in [6, 6.07) is 0. The van der Waals surface area contributed by atoms with Crippen molar-refractivity contribution in [3.63, 3.8) is 0 Å². The Labute approximate surface area is 58.0 Å². The summed E-state index contributed by atoms with van der Waals surface area (Å²) >= 11 is 0. The Morgan fingerprint density at radius 3 is 1.44 bits per heavy atom. The van der Waals surface area contributed by atoms with Gasteiger partial charge in [0.2, 0.25) is 0 Å². The molecule has 0 aliphatic heterocycles. The molecule has 0 amide bonds. The largest absolute Gasteiger partial charge is 0.106 e. The molecule has 0 aromatic rings. The van der Waals surface area contributed by atoms with Gasteiger partial charge in [-0.3, -0.25) is 0 Å². The summed E-state index contributed by atoms with van der Waals surface area (Å²) < 4.78 is 0. The normalized spacial score (nSPS) is 37.8. The van der Waals surface area contributed by atoms with Gasteiger partial charge in [-0.15, -0.1) is 13.2 Å². The van der Waals surface area contributed by atoms with E-state index in [1.54, 1.807) is 25.7 Å². The average molecular weight is 124 g/mol. The molecule has 0 aromatic heterocycles. The minimum absolute atomic E-state index is 1.19. The van der Waals surface area contributed by atoms with Crippen molar-refractivity contribution in [1.82, 2.24) is 0 Å². The van der Waals surface area contributed by atoms with E-state index in [4.69, 9.17) is 0 Å². The third kappa shape index (κ3) is 1.17. The standard InChI is InChI=1S/C7H12.C2H4/c1-2-6-4-5-7(6)3-1;1-2/h6-7H,1-5H2;1-2H2. The fraction of sp³-hybridized carbons (Fsp3) is 0.778. The quantitative estimate of drug-likeness (QED) is 0.435. The predicted octanol–water partition coefficient (Wildman–Crippen LogP) is 3.00. The summed E-state index contributed by atoms with van der Waals surface area (Å²) in [4.78, 5) is 0. The molecule has 2 atom stereocenters. The van der Waals surface area contributed by atoms with Crippen molar-refractivity contribution in [2.45, 2.75) is 32.1 Å². The van der Waals surface area contributed by atoms with Crippen LogP contribution in [0, 0.1) is 11.8 Å². The molecule has 0 aromatic carbocycles. The van der Waals surface area contributed by atoms with Crippen LogP contribution in [-0.2, 0) is 0 Å². The van der Waals surface area contributed by atoms with E-state index >= 15 is 0 Å². The van der Waals surface area contributed by atoms with Gasteiger partial charge in [0.25, 0.3) is 0 Å². The van der Waals surface area contributed by atoms with E-state index in [0.717, 1.165) is 0 Å². The van der Waals surface area contributed by atoms with Crippen molar-refractivity contribution in [3.8, 4) is 0 Å². The van der Waals surface area contributed by atoms with Crippen molar-refractivity contribution in [3.05, 3.63) is 13.2 Å². The van der Waals surface area contributed by atoms with E-state index in [0.29, 0.717) is 0 Å². The molecular weight excluding hydrogens is 108 g/mol. The van der Waals surface area contributed by atoms with Gasteiger partial charge in [-0.25, -0.2) is 0 Å². The van der Waals surface area contributed by atoms with Crippen LogP contribution in [0.1, 0.15) is 32.1 Å². The topological polar surface area (TPSA) is 0 Å². The Hall–Kier alpha value is -0.260. The predicted molar refractivity (Wildman–Crippen MR) is 41.3 cm³/mol. The van der Waals surface area contributed by atoms with Crippen LogP contribution in [0.2, 0.25) is 0 Å². The second-order valence-electron chi connectivity index (χ2n) is 3.03. The highest BCUT2D eigenvalue weighted by Gasteiger charge is 2.34. The Kier molecular flexibility index (Phi) is 2.32. The number of rotatable bonds is 0. The summed E-state index contributed by atoms with van der Waals surface area (Å²) in [6.45, 7) is 6.00. The van der Waals surface area contributed by atoms with E-state index in [1.807, 2.05) is 0 Å². The first-order valence-corrected chi connectivity index (χ1v) is 3.97. The zero-order valence-corrected chi connectivity index (χ0v) is 6.10. The summed E-state index contributed by atoms with van der Waals surface area (Å²) in [5.41, 5.74) is 0. The van der Waals surface area contributed by atoms with Crippen molar-refractivity contribution in [2.24, 2.45) is 11.8 Å². The summed E-state index contributed by atoms with van der Waals surface area (Å²) in [7, 11) is 0. The lowest BCUT2D eigenvalue weighted by molar-refractivity contribution is 0.219. The van der Waals surface area contributed by atoms with Gasteiger partial charge < -0.3 is 0 Å². The lowest BCUT2D eigenvalue weighted by atomic mass is 9.77. The molecule has 2 rings (SSSR count). The Balaban J connectivity index is 0.000000186. The molecule has 0 spiro atoms. The molecule has 0 radical (unpaired) electrons. The van der Waals surface area contributed by atoms with E-state index in [9.17, 15) is 0 Å². The highest BCUT2D eigenvalue weighted by Crippen LogP contribution is 2.46. The van der Waals surface area contributed by atoms with Crippen molar-refractivity contribution in [1.29, 1.82) is 0 Å². The lowest BCUT2D eigenvalue weighted by Crippen LogP contribution is -2.18. The molecule has 9 heavy (non-hydrogen) atoms. The van der Waals surface area contributed by atoms with Crippen molar-refractivity contribution in [2.75, 3.05) is 0 Å². The van der Waals surface area contributed by atoms with Gasteiger partial charge in [0.05, 0.1) is 0 Å². The van der Waals surface area contributed by atoms with Crippen LogP contribution in [0.25, 0.3) is 0 Å². The van der Waals surface area contributed by atoms with Crippen LogP contribution in [0.15, 0.2) is 13.2 Å². The number of hydrogen-bond donors (Lipinski definition) is 0. The van der Waals surface area contributed by atoms with Crippen LogP contribution in [0.3, 0.4) is 0 Å². The first kappa shape index (κ1) is 6.85. The molecule has 2 aliphatic rings. The smallest absolute Gasteiger partial charge is 0.0386 e. The van der Waals surface area contributed by atoms with Crippen LogP contribution >= 0.6 is 0 Å². The first-order valence-electron chi connectivity index (χ1n) is 3.97. The van der Waals surface area contributed by atoms with Gasteiger partial charge in [-0.2, -0.15) is 0 Å². The van der Waals surface area contributed by atoms with Gasteiger partial charge in [-0.05, 0) is 24.7 Å². The first-order chi connectivity index (χ1) is 4.47. The van der Waals surface area contributed by atoms with Gasteiger partial charge in [0, 0.05) is 0 Å². The van der Waals surface area contributed by atoms with Crippen LogP contribution < -0.4 is 0 Å². The van der Waals surface area contributed by atoms with E-state index in [2.05, 4.69) is 13.2 Å². The minimum atomic E-state index is 1.19.